The number of sulfonamides is 1. The van der Waals surface area contributed by atoms with Gasteiger partial charge in [0, 0.05) is 32.0 Å². The predicted molar refractivity (Wildman–Crippen MR) is 92.4 cm³/mol. The summed E-state index contributed by atoms with van der Waals surface area (Å²) in [6.45, 7) is 0.955. The van der Waals surface area contributed by atoms with E-state index in [1.165, 1.54) is 10.4 Å². The highest BCUT2D eigenvalue weighted by Crippen LogP contribution is 2.33. The van der Waals surface area contributed by atoms with Gasteiger partial charge < -0.3 is 5.32 Å². The van der Waals surface area contributed by atoms with Gasteiger partial charge in [0.05, 0.1) is 16.5 Å². The summed E-state index contributed by atoms with van der Waals surface area (Å²) in [5, 5.41) is 3.11. The Labute approximate surface area is 155 Å². The van der Waals surface area contributed by atoms with Gasteiger partial charge in [0.1, 0.15) is 0 Å². The molecule has 2 heterocycles. The molecule has 0 saturated carbocycles. The molecule has 0 bridgehead atoms. The van der Waals surface area contributed by atoms with Crippen molar-refractivity contribution in [3.8, 4) is 0 Å². The molecular weight excluding hydrogens is 391 g/mol. The van der Waals surface area contributed by atoms with Crippen LogP contribution in [0.4, 0.5) is 13.2 Å². The first-order valence-corrected chi connectivity index (χ1v) is 9.04. The number of benzene rings is 1. The summed E-state index contributed by atoms with van der Waals surface area (Å²) < 4.78 is 65.9. The van der Waals surface area contributed by atoms with Crippen LogP contribution >= 0.6 is 12.4 Å². The molecule has 1 unspecified atom stereocenters. The van der Waals surface area contributed by atoms with E-state index in [0.29, 0.717) is 24.7 Å². The van der Waals surface area contributed by atoms with Crippen molar-refractivity contribution in [2.24, 2.45) is 0 Å². The zero-order valence-corrected chi connectivity index (χ0v) is 15.1. The smallest absolute Gasteiger partial charge is 0.313 e. The van der Waals surface area contributed by atoms with E-state index in [1.807, 2.05) is 0 Å². The second kappa shape index (κ2) is 7.91. The molecule has 1 saturated heterocycles. The SMILES string of the molecule is Cl.O=S(=O)(c1cccc(C(F)(F)F)c1)N1CCNCC1c1cccnc1. The molecule has 1 aliphatic heterocycles. The lowest BCUT2D eigenvalue weighted by atomic mass is 10.1. The molecule has 1 N–H and O–H groups in total. The van der Waals surface area contributed by atoms with Crippen molar-refractivity contribution in [3.05, 3.63) is 59.9 Å². The summed E-state index contributed by atoms with van der Waals surface area (Å²) in [6, 6.07) is 6.75. The van der Waals surface area contributed by atoms with Crippen LogP contribution < -0.4 is 5.32 Å². The number of halogens is 4. The van der Waals surface area contributed by atoms with Gasteiger partial charge in [0.25, 0.3) is 0 Å². The van der Waals surface area contributed by atoms with Gasteiger partial charge in [-0.05, 0) is 29.8 Å². The fraction of sp³-hybridized carbons (Fsp3) is 0.312. The van der Waals surface area contributed by atoms with Crippen molar-refractivity contribution in [1.82, 2.24) is 14.6 Å². The molecule has 26 heavy (non-hydrogen) atoms. The third-order valence-corrected chi connectivity index (χ3v) is 5.94. The van der Waals surface area contributed by atoms with Gasteiger partial charge in [-0.3, -0.25) is 4.98 Å². The Morgan fingerprint density at radius 3 is 2.62 bits per heavy atom. The number of nitrogens with zero attached hydrogens (tertiary/aromatic N) is 2. The lowest BCUT2D eigenvalue weighted by Crippen LogP contribution is -2.48. The number of hydrogen-bond donors (Lipinski definition) is 1. The van der Waals surface area contributed by atoms with E-state index in [2.05, 4.69) is 10.3 Å². The molecule has 0 amide bonds. The molecular formula is C16H17ClF3N3O2S. The monoisotopic (exact) mass is 407 g/mol. The van der Waals surface area contributed by atoms with E-state index in [4.69, 9.17) is 0 Å². The Hall–Kier alpha value is -1.68. The number of aromatic nitrogens is 1. The maximum Gasteiger partial charge on any atom is 0.416 e. The minimum atomic E-state index is -4.60. The van der Waals surface area contributed by atoms with Gasteiger partial charge in [-0.2, -0.15) is 17.5 Å². The van der Waals surface area contributed by atoms with Crippen LogP contribution in [0, 0.1) is 0 Å². The van der Waals surface area contributed by atoms with Crippen LogP contribution in [0.3, 0.4) is 0 Å². The Bertz CT molecular complexity index is 847. The van der Waals surface area contributed by atoms with Gasteiger partial charge in [0.15, 0.2) is 0 Å². The largest absolute Gasteiger partial charge is 0.416 e. The average Bonchev–Trinajstić information content (AvgIpc) is 2.62. The van der Waals surface area contributed by atoms with Crippen LogP contribution in [-0.2, 0) is 16.2 Å². The van der Waals surface area contributed by atoms with Crippen molar-refractivity contribution < 1.29 is 21.6 Å². The molecule has 142 valence electrons. The number of rotatable bonds is 3. The van der Waals surface area contributed by atoms with Crippen LogP contribution in [0.25, 0.3) is 0 Å². The van der Waals surface area contributed by atoms with E-state index in [-0.39, 0.29) is 23.8 Å². The second-order valence-corrected chi connectivity index (χ2v) is 7.54. The highest BCUT2D eigenvalue weighted by Gasteiger charge is 2.36. The van der Waals surface area contributed by atoms with Crippen LogP contribution in [0.15, 0.2) is 53.7 Å². The maximum atomic E-state index is 13.0. The number of alkyl halides is 3. The summed E-state index contributed by atoms with van der Waals surface area (Å²) in [4.78, 5) is 3.63. The molecule has 1 aliphatic rings. The molecule has 1 aromatic carbocycles. The molecule has 1 atom stereocenters. The van der Waals surface area contributed by atoms with E-state index in [0.717, 1.165) is 12.1 Å². The maximum absolute atomic E-state index is 13.0. The zero-order chi connectivity index (χ0) is 18.1. The summed E-state index contributed by atoms with van der Waals surface area (Å²) in [7, 11) is -4.08. The molecule has 1 aromatic heterocycles. The first-order chi connectivity index (χ1) is 11.8. The summed E-state index contributed by atoms with van der Waals surface area (Å²) in [6.07, 6.45) is -1.46. The standard InChI is InChI=1S/C16H16F3N3O2S.ClH/c17-16(18,19)13-4-1-5-14(9-13)25(23,24)22-8-7-21-11-15(22)12-3-2-6-20-10-12;/h1-6,9-10,15,21H,7-8,11H2;1H. The fourth-order valence-corrected chi connectivity index (χ4v) is 4.46. The average molecular weight is 408 g/mol. The number of pyridine rings is 1. The van der Waals surface area contributed by atoms with Gasteiger partial charge in [-0.15, -0.1) is 12.4 Å². The van der Waals surface area contributed by atoms with Crippen molar-refractivity contribution in [2.75, 3.05) is 19.6 Å². The molecule has 0 radical (unpaired) electrons. The van der Waals surface area contributed by atoms with Crippen LogP contribution in [0.1, 0.15) is 17.2 Å². The van der Waals surface area contributed by atoms with Crippen molar-refractivity contribution >= 4 is 22.4 Å². The highest BCUT2D eigenvalue weighted by molar-refractivity contribution is 7.89. The molecule has 0 spiro atoms. The van der Waals surface area contributed by atoms with Crippen molar-refractivity contribution in [1.29, 1.82) is 0 Å². The minimum Gasteiger partial charge on any atom is -0.313 e. The molecule has 2 aromatic rings. The van der Waals surface area contributed by atoms with E-state index < -0.39 is 27.8 Å². The minimum absolute atomic E-state index is 0. The van der Waals surface area contributed by atoms with Gasteiger partial charge in [-0.25, -0.2) is 8.42 Å². The van der Waals surface area contributed by atoms with E-state index >= 15 is 0 Å². The molecule has 5 nitrogen and oxygen atoms in total. The quantitative estimate of drug-likeness (QED) is 0.849. The Morgan fingerprint density at radius 1 is 1.19 bits per heavy atom. The summed E-state index contributed by atoms with van der Waals surface area (Å²) in [5.74, 6) is 0. The van der Waals surface area contributed by atoms with Crippen LogP contribution in [-0.4, -0.2) is 37.3 Å². The first-order valence-electron chi connectivity index (χ1n) is 7.60. The third-order valence-electron chi connectivity index (χ3n) is 4.03. The Balaban J connectivity index is 0.00000243. The van der Waals surface area contributed by atoms with Crippen LogP contribution in [0.5, 0.6) is 0 Å². The van der Waals surface area contributed by atoms with Crippen LogP contribution in [0.2, 0.25) is 0 Å². The topological polar surface area (TPSA) is 62.3 Å². The molecule has 1 fully saturated rings. The highest BCUT2D eigenvalue weighted by atomic mass is 35.5. The molecule has 10 heteroatoms. The van der Waals surface area contributed by atoms with Gasteiger partial charge in [0.2, 0.25) is 10.0 Å². The normalized spacial score (nSPS) is 19.0. The second-order valence-electron chi connectivity index (χ2n) is 5.65. The zero-order valence-electron chi connectivity index (χ0n) is 13.5. The third kappa shape index (κ3) is 4.17. The lowest BCUT2D eigenvalue weighted by Gasteiger charge is -2.35. The number of piperazine rings is 1. The molecule has 0 aliphatic carbocycles. The fourth-order valence-electron chi connectivity index (χ4n) is 2.80. The number of nitrogens with one attached hydrogen (secondary N) is 1. The van der Waals surface area contributed by atoms with E-state index in [9.17, 15) is 21.6 Å². The van der Waals surface area contributed by atoms with E-state index in [1.54, 1.807) is 24.5 Å². The van der Waals surface area contributed by atoms with Gasteiger partial charge >= 0.3 is 6.18 Å². The first kappa shape index (κ1) is 20.6. The van der Waals surface area contributed by atoms with Crippen molar-refractivity contribution in [2.45, 2.75) is 17.1 Å². The Morgan fingerprint density at radius 2 is 1.96 bits per heavy atom. The number of hydrogen-bond acceptors (Lipinski definition) is 4. The molecule has 3 rings (SSSR count). The Kier molecular flexibility index (Phi) is 6.28. The summed E-state index contributed by atoms with van der Waals surface area (Å²) >= 11 is 0. The van der Waals surface area contributed by atoms with Crippen molar-refractivity contribution in [3.63, 3.8) is 0 Å². The summed E-state index contributed by atoms with van der Waals surface area (Å²) in [5.41, 5.74) is -0.299. The van der Waals surface area contributed by atoms with Gasteiger partial charge in [-0.1, -0.05) is 12.1 Å². The predicted octanol–water partition coefficient (Wildman–Crippen LogP) is 2.86. The lowest BCUT2D eigenvalue weighted by molar-refractivity contribution is -0.137.